The van der Waals surface area contributed by atoms with Gasteiger partial charge in [-0.05, 0) is 22.6 Å². The summed E-state index contributed by atoms with van der Waals surface area (Å²) in [6.07, 6.45) is -1.47. The number of halogens is 3. The van der Waals surface area contributed by atoms with Crippen LogP contribution in [-0.4, -0.2) is 19.2 Å². The summed E-state index contributed by atoms with van der Waals surface area (Å²) in [7, 11) is 2.79. The predicted octanol–water partition coefficient (Wildman–Crippen LogP) is 2.64. The normalized spacial score (nSPS) is 10.4. The van der Waals surface area contributed by atoms with Crippen LogP contribution in [0.1, 0.15) is 12.0 Å². The summed E-state index contributed by atoms with van der Waals surface area (Å²) in [5, 5.41) is 0. The van der Waals surface area contributed by atoms with E-state index >= 15 is 0 Å². The van der Waals surface area contributed by atoms with Gasteiger partial charge in [0.1, 0.15) is 0 Å². The summed E-state index contributed by atoms with van der Waals surface area (Å²) in [6.45, 7) is 0. The molecule has 1 rings (SSSR count). The van der Waals surface area contributed by atoms with E-state index in [1.54, 1.807) is 22.6 Å². The molecular formula is C8H8F2INO2. The topological polar surface area (TPSA) is 31.4 Å². The molecule has 1 aromatic heterocycles. The van der Waals surface area contributed by atoms with Gasteiger partial charge in [0.05, 0.1) is 23.4 Å². The van der Waals surface area contributed by atoms with E-state index in [2.05, 4.69) is 4.98 Å². The highest BCUT2D eigenvalue weighted by Gasteiger charge is 2.19. The molecule has 0 atom stereocenters. The van der Waals surface area contributed by atoms with Gasteiger partial charge >= 0.3 is 0 Å². The molecule has 0 bridgehead atoms. The van der Waals surface area contributed by atoms with Crippen LogP contribution in [0.5, 0.6) is 11.6 Å². The summed E-state index contributed by atoms with van der Waals surface area (Å²) in [5.74, 6) is 0.451. The Morgan fingerprint density at radius 3 is 2.43 bits per heavy atom. The maximum atomic E-state index is 12.4. The number of aromatic nitrogens is 1. The quantitative estimate of drug-likeness (QED) is 0.804. The van der Waals surface area contributed by atoms with Crippen molar-refractivity contribution in [3.05, 3.63) is 15.3 Å². The highest BCUT2D eigenvalue weighted by molar-refractivity contribution is 14.1. The number of nitrogens with zero attached hydrogens (tertiary/aromatic N) is 1. The van der Waals surface area contributed by atoms with E-state index in [1.165, 1.54) is 14.2 Å². The Kier molecular flexibility index (Phi) is 3.85. The SMILES string of the molecule is COc1ncc(C(F)F)c(I)c1OC. The predicted molar refractivity (Wildman–Crippen MR) is 55.0 cm³/mol. The lowest BCUT2D eigenvalue weighted by atomic mass is 10.3. The molecule has 3 nitrogen and oxygen atoms in total. The summed E-state index contributed by atoms with van der Waals surface area (Å²) < 4.78 is 35.0. The van der Waals surface area contributed by atoms with Crippen molar-refractivity contribution in [2.75, 3.05) is 14.2 Å². The molecule has 0 spiro atoms. The Hall–Kier alpha value is -0.660. The lowest BCUT2D eigenvalue weighted by molar-refractivity contribution is 0.149. The molecule has 14 heavy (non-hydrogen) atoms. The molecule has 0 amide bonds. The molecule has 0 aromatic carbocycles. The standard InChI is InChI=1S/C8H8F2INO2/c1-13-6-5(11)4(7(9)10)3-12-8(6)14-2/h3,7H,1-2H3. The number of methoxy groups -OCH3 is 2. The van der Waals surface area contributed by atoms with Crippen molar-refractivity contribution in [2.45, 2.75) is 6.43 Å². The lowest BCUT2D eigenvalue weighted by Crippen LogP contribution is -2.00. The van der Waals surface area contributed by atoms with Crippen LogP contribution in [0.15, 0.2) is 6.20 Å². The van der Waals surface area contributed by atoms with Crippen molar-refractivity contribution < 1.29 is 18.3 Å². The summed E-state index contributed by atoms with van der Waals surface area (Å²) in [6, 6.07) is 0. The van der Waals surface area contributed by atoms with Crippen molar-refractivity contribution in [3.8, 4) is 11.6 Å². The molecule has 0 aliphatic carbocycles. The van der Waals surface area contributed by atoms with E-state index in [1.807, 2.05) is 0 Å². The van der Waals surface area contributed by atoms with Crippen LogP contribution in [-0.2, 0) is 0 Å². The number of hydrogen-bond acceptors (Lipinski definition) is 3. The minimum absolute atomic E-state index is 0.150. The molecule has 0 aliphatic rings. The van der Waals surface area contributed by atoms with Gasteiger partial charge in [0.15, 0.2) is 5.75 Å². The average Bonchev–Trinajstić information content (AvgIpc) is 2.16. The zero-order valence-corrected chi connectivity index (χ0v) is 9.71. The van der Waals surface area contributed by atoms with Gasteiger partial charge in [-0.2, -0.15) is 0 Å². The lowest BCUT2D eigenvalue weighted by Gasteiger charge is -2.11. The molecule has 0 radical (unpaired) electrons. The van der Waals surface area contributed by atoms with Crippen LogP contribution in [0.3, 0.4) is 0 Å². The first-order chi connectivity index (χ1) is 6.61. The maximum absolute atomic E-state index is 12.4. The largest absolute Gasteiger partial charge is 0.490 e. The van der Waals surface area contributed by atoms with E-state index < -0.39 is 6.43 Å². The molecule has 0 fully saturated rings. The van der Waals surface area contributed by atoms with Gasteiger partial charge in [-0.1, -0.05) is 0 Å². The third-order valence-electron chi connectivity index (χ3n) is 1.60. The molecule has 0 N–H and O–H groups in total. The van der Waals surface area contributed by atoms with Crippen molar-refractivity contribution in [1.82, 2.24) is 4.98 Å². The van der Waals surface area contributed by atoms with Crippen molar-refractivity contribution in [3.63, 3.8) is 0 Å². The van der Waals surface area contributed by atoms with Crippen LogP contribution in [0.2, 0.25) is 0 Å². The van der Waals surface area contributed by atoms with Crippen LogP contribution in [0.4, 0.5) is 8.78 Å². The fourth-order valence-electron chi connectivity index (χ4n) is 0.943. The molecule has 0 aliphatic heterocycles. The molecule has 0 saturated heterocycles. The Bertz CT molecular complexity index is 333. The van der Waals surface area contributed by atoms with Gasteiger partial charge < -0.3 is 9.47 Å². The molecule has 78 valence electrons. The van der Waals surface area contributed by atoms with Crippen molar-refractivity contribution in [1.29, 1.82) is 0 Å². The second-order valence-electron chi connectivity index (χ2n) is 2.37. The van der Waals surface area contributed by atoms with Gasteiger partial charge in [-0.15, -0.1) is 0 Å². The first-order valence-corrected chi connectivity index (χ1v) is 4.74. The Morgan fingerprint density at radius 2 is 2.00 bits per heavy atom. The van der Waals surface area contributed by atoms with E-state index in [9.17, 15) is 8.78 Å². The zero-order valence-electron chi connectivity index (χ0n) is 7.55. The molecule has 0 unspecified atom stereocenters. The Morgan fingerprint density at radius 1 is 1.36 bits per heavy atom. The first-order valence-electron chi connectivity index (χ1n) is 3.66. The number of ether oxygens (including phenoxy) is 2. The molecule has 6 heteroatoms. The third kappa shape index (κ3) is 2.05. The number of pyridine rings is 1. The van der Waals surface area contributed by atoms with Gasteiger partial charge in [0.2, 0.25) is 0 Å². The zero-order chi connectivity index (χ0) is 10.7. The van der Waals surface area contributed by atoms with Crippen molar-refractivity contribution >= 4 is 22.6 Å². The van der Waals surface area contributed by atoms with Gasteiger partial charge in [-0.3, -0.25) is 0 Å². The van der Waals surface area contributed by atoms with Crippen LogP contribution in [0.25, 0.3) is 0 Å². The van der Waals surface area contributed by atoms with Crippen LogP contribution < -0.4 is 9.47 Å². The Labute approximate surface area is 93.6 Å². The second-order valence-corrected chi connectivity index (χ2v) is 3.45. The van der Waals surface area contributed by atoms with Gasteiger partial charge in [0, 0.05) is 6.20 Å². The van der Waals surface area contributed by atoms with Gasteiger partial charge in [0.25, 0.3) is 12.3 Å². The third-order valence-corrected chi connectivity index (χ3v) is 2.71. The molecule has 1 aromatic rings. The number of rotatable bonds is 3. The van der Waals surface area contributed by atoms with E-state index in [4.69, 9.17) is 9.47 Å². The van der Waals surface area contributed by atoms with E-state index in [0.717, 1.165) is 6.20 Å². The van der Waals surface area contributed by atoms with E-state index in [0.29, 0.717) is 3.57 Å². The monoisotopic (exact) mass is 315 g/mol. The summed E-state index contributed by atoms with van der Waals surface area (Å²) in [4.78, 5) is 3.72. The maximum Gasteiger partial charge on any atom is 0.266 e. The second kappa shape index (κ2) is 4.72. The highest BCUT2D eigenvalue weighted by Crippen LogP contribution is 2.35. The van der Waals surface area contributed by atoms with Crippen LogP contribution >= 0.6 is 22.6 Å². The average molecular weight is 315 g/mol. The summed E-state index contributed by atoms with van der Waals surface area (Å²) >= 11 is 1.78. The van der Waals surface area contributed by atoms with Gasteiger partial charge in [-0.25, -0.2) is 13.8 Å². The summed E-state index contributed by atoms with van der Waals surface area (Å²) in [5.41, 5.74) is -0.150. The Balaban J connectivity index is 3.27. The smallest absolute Gasteiger partial charge is 0.266 e. The van der Waals surface area contributed by atoms with E-state index in [-0.39, 0.29) is 17.2 Å². The first kappa shape index (κ1) is 11.4. The van der Waals surface area contributed by atoms with Crippen LogP contribution in [0, 0.1) is 3.57 Å². The highest BCUT2D eigenvalue weighted by atomic mass is 127. The minimum Gasteiger partial charge on any atom is -0.490 e. The van der Waals surface area contributed by atoms with Crippen molar-refractivity contribution in [2.24, 2.45) is 0 Å². The molecule has 1 heterocycles. The fourth-order valence-corrected chi connectivity index (χ4v) is 1.77. The minimum atomic E-state index is -2.56. The number of hydrogen-bond donors (Lipinski definition) is 0. The number of alkyl halides is 2. The molecular weight excluding hydrogens is 307 g/mol. The fraction of sp³-hybridized carbons (Fsp3) is 0.375. The molecule has 0 saturated carbocycles.